The number of aliphatic carboxylic acids is 2. The lowest BCUT2D eigenvalue weighted by Crippen LogP contribution is -2.38. The molecule has 5 nitrogen and oxygen atoms in total. The number of ether oxygens (including phenoxy) is 1. The molecule has 0 aliphatic heterocycles. The van der Waals surface area contributed by atoms with Gasteiger partial charge in [-0.3, -0.25) is 4.79 Å². The van der Waals surface area contributed by atoms with Crippen molar-refractivity contribution in [2.75, 3.05) is 7.11 Å². The highest BCUT2D eigenvalue weighted by atomic mass is 35.5. The third-order valence-corrected chi connectivity index (χ3v) is 4.26. The van der Waals surface area contributed by atoms with Crippen LogP contribution in [0.5, 0.6) is 5.75 Å². The monoisotopic (exact) mass is 322 g/mol. The van der Waals surface area contributed by atoms with Crippen molar-refractivity contribution in [2.45, 2.75) is 18.8 Å². The van der Waals surface area contributed by atoms with Crippen LogP contribution in [0, 0.1) is 0 Å². The van der Waals surface area contributed by atoms with E-state index in [0.717, 1.165) is 0 Å². The van der Waals surface area contributed by atoms with Crippen LogP contribution < -0.4 is 4.74 Å². The van der Waals surface area contributed by atoms with Crippen LogP contribution in [0.2, 0.25) is 0 Å². The van der Waals surface area contributed by atoms with Gasteiger partial charge in [-0.15, -0.1) is 0 Å². The summed E-state index contributed by atoms with van der Waals surface area (Å²) >= 11 is 6.12. The summed E-state index contributed by atoms with van der Waals surface area (Å²) in [5.74, 6) is -1.99. The van der Waals surface area contributed by atoms with Gasteiger partial charge in [0.1, 0.15) is 11.2 Å². The Kier molecular flexibility index (Phi) is 4.28. The maximum Gasteiger partial charge on any atom is 0.331 e. The summed E-state index contributed by atoms with van der Waals surface area (Å²) < 4.78 is 5.23. The molecule has 1 unspecified atom stereocenters. The van der Waals surface area contributed by atoms with Crippen molar-refractivity contribution in [2.24, 2.45) is 0 Å². The van der Waals surface area contributed by atoms with Crippen LogP contribution in [0.25, 0.3) is 0 Å². The molecule has 0 bridgehead atoms. The Hall–Kier alpha value is -2.27. The number of hydrogen-bond donors (Lipinski definition) is 2. The molecule has 2 N–H and O–H groups in total. The number of benzene rings is 1. The maximum absolute atomic E-state index is 12.0. The SMILES string of the molecule is COc1ccccc1C1(C(=O)O)C=C(Cl)C(C)=C(C(=O)O)C1. The van der Waals surface area contributed by atoms with E-state index in [1.807, 2.05) is 0 Å². The number of carboxylic acid groups (broad SMARTS) is 2. The Morgan fingerprint density at radius 3 is 2.45 bits per heavy atom. The zero-order valence-electron chi connectivity index (χ0n) is 12.1. The zero-order valence-corrected chi connectivity index (χ0v) is 12.8. The highest BCUT2D eigenvalue weighted by molar-refractivity contribution is 6.33. The largest absolute Gasteiger partial charge is 0.496 e. The highest BCUT2D eigenvalue weighted by Crippen LogP contribution is 2.44. The molecule has 1 atom stereocenters. The van der Waals surface area contributed by atoms with Gasteiger partial charge in [-0.2, -0.15) is 0 Å². The smallest absolute Gasteiger partial charge is 0.331 e. The Bertz CT molecular complexity index is 704. The number of para-hydroxylation sites is 1. The number of rotatable bonds is 4. The van der Waals surface area contributed by atoms with Gasteiger partial charge < -0.3 is 14.9 Å². The second kappa shape index (κ2) is 5.85. The minimum absolute atomic E-state index is 0.0131. The van der Waals surface area contributed by atoms with Gasteiger partial charge in [0.15, 0.2) is 0 Å². The molecule has 0 fully saturated rings. The minimum Gasteiger partial charge on any atom is -0.496 e. The Labute approximate surface area is 132 Å². The van der Waals surface area contributed by atoms with Gasteiger partial charge in [-0.05, 0) is 24.6 Å². The van der Waals surface area contributed by atoms with Gasteiger partial charge in [0.05, 0.1) is 7.11 Å². The van der Waals surface area contributed by atoms with Gasteiger partial charge in [0.2, 0.25) is 0 Å². The molecule has 0 saturated heterocycles. The van der Waals surface area contributed by atoms with Crippen LogP contribution in [-0.2, 0) is 15.0 Å². The molecule has 0 aromatic heterocycles. The minimum atomic E-state index is -1.57. The predicted molar refractivity (Wildman–Crippen MR) is 81.2 cm³/mol. The lowest BCUT2D eigenvalue weighted by molar-refractivity contribution is -0.142. The standard InChI is InChI=1S/C16H15ClO5/c1-9-10(14(18)19)7-16(15(20)21,8-12(9)17)11-5-3-4-6-13(11)22-2/h3-6,8H,7H2,1-2H3,(H,18,19)(H,20,21). The zero-order chi connectivity index (χ0) is 16.5. The van der Waals surface area contributed by atoms with Gasteiger partial charge in [-0.1, -0.05) is 29.8 Å². The van der Waals surface area contributed by atoms with Crippen LogP contribution in [0.3, 0.4) is 0 Å². The second-order valence-corrected chi connectivity index (χ2v) is 5.46. The van der Waals surface area contributed by atoms with E-state index in [2.05, 4.69) is 0 Å². The third kappa shape index (κ3) is 2.48. The van der Waals surface area contributed by atoms with Crippen molar-refractivity contribution in [3.63, 3.8) is 0 Å². The molecule has 2 rings (SSSR count). The molecule has 0 heterocycles. The van der Waals surface area contributed by atoms with Crippen molar-refractivity contribution in [1.82, 2.24) is 0 Å². The Morgan fingerprint density at radius 2 is 1.91 bits per heavy atom. The number of hydrogen-bond acceptors (Lipinski definition) is 3. The van der Waals surface area contributed by atoms with Crippen LogP contribution in [-0.4, -0.2) is 29.3 Å². The summed E-state index contributed by atoms with van der Waals surface area (Å²) in [7, 11) is 1.43. The summed E-state index contributed by atoms with van der Waals surface area (Å²) in [5.41, 5.74) is -0.840. The van der Waals surface area contributed by atoms with E-state index in [0.29, 0.717) is 16.9 Å². The van der Waals surface area contributed by atoms with E-state index in [9.17, 15) is 19.8 Å². The summed E-state index contributed by atoms with van der Waals surface area (Å²) in [6.45, 7) is 1.57. The number of carboxylic acids is 2. The average Bonchev–Trinajstić information content (AvgIpc) is 2.49. The fourth-order valence-electron chi connectivity index (χ4n) is 2.61. The van der Waals surface area contributed by atoms with E-state index < -0.39 is 17.4 Å². The van der Waals surface area contributed by atoms with E-state index in [4.69, 9.17) is 16.3 Å². The van der Waals surface area contributed by atoms with E-state index in [1.165, 1.54) is 13.2 Å². The average molecular weight is 323 g/mol. The highest BCUT2D eigenvalue weighted by Gasteiger charge is 2.45. The van der Waals surface area contributed by atoms with Crippen molar-refractivity contribution in [3.8, 4) is 5.75 Å². The first-order valence-corrected chi connectivity index (χ1v) is 6.90. The normalized spacial score (nSPS) is 21.3. The van der Waals surface area contributed by atoms with E-state index >= 15 is 0 Å². The first-order chi connectivity index (χ1) is 10.3. The molecular formula is C16H15ClO5. The van der Waals surface area contributed by atoms with Crippen LogP contribution in [0.4, 0.5) is 0 Å². The predicted octanol–water partition coefficient (Wildman–Crippen LogP) is 2.95. The molecule has 1 aromatic carbocycles. The quantitative estimate of drug-likeness (QED) is 0.890. The third-order valence-electron chi connectivity index (χ3n) is 3.87. The van der Waals surface area contributed by atoms with Gasteiger partial charge in [0.25, 0.3) is 0 Å². The molecule has 0 amide bonds. The molecule has 1 aliphatic rings. The van der Waals surface area contributed by atoms with Crippen LogP contribution in [0.15, 0.2) is 46.5 Å². The Balaban J connectivity index is 2.72. The number of allylic oxidation sites excluding steroid dienone is 2. The number of methoxy groups -OCH3 is 1. The fraction of sp³-hybridized carbons (Fsp3) is 0.250. The fourth-order valence-corrected chi connectivity index (χ4v) is 2.91. The molecule has 1 aromatic rings. The van der Waals surface area contributed by atoms with Crippen LogP contribution >= 0.6 is 11.6 Å². The summed E-state index contributed by atoms with van der Waals surface area (Å²) in [5, 5.41) is 19.3. The molecule has 0 saturated carbocycles. The van der Waals surface area contributed by atoms with E-state index in [-0.39, 0.29) is 17.0 Å². The lowest BCUT2D eigenvalue weighted by Gasteiger charge is -2.32. The lowest BCUT2D eigenvalue weighted by atomic mass is 9.71. The van der Waals surface area contributed by atoms with Gasteiger partial charge in [-0.25, -0.2) is 4.79 Å². The maximum atomic E-state index is 12.0. The summed E-state index contributed by atoms with van der Waals surface area (Å²) in [6, 6.07) is 6.63. The second-order valence-electron chi connectivity index (χ2n) is 5.05. The topological polar surface area (TPSA) is 83.8 Å². The van der Waals surface area contributed by atoms with Crippen molar-refractivity contribution < 1.29 is 24.5 Å². The molecular weight excluding hydrogens is 308 g/mol. The van der Waals surface area contributed by atoms with Crippen molar-refractivity contribution >= 4 is 23.5 Å². The Morgan fingerprint density at radius 1 is 1.27 bits per heavy atom. The molecule has 6 heteroatoms. The van der Waals surface area contributed by atoms with Crippen molar-refractivity contribution in [3.05, 3.63) is 52.1 Å². The van der Waals surface area contributed by atoms with Crippen molar-refractivity contribution in [1.29, 1.82) is 0 Å². The number of halogens is 1. The van der Waals surface area contributed by atoms with Crippen LogP contribution in [0.1, 0.15) is 18.9 Å². The first kappa shape index (κ1) is 16.1. The van der Waals surface area contributed by atoms with Gasteiger partial charge >= 0.3 is 11.9 Å². The molecule has 1 aliphatic carbocycles. The van der Waals surface area contributed by atoms with Gasteiger partial charge in [0, 0.05) is 22.6 Å². The molecule has 22 heavy (non-hydrogen) atoms. The first-order valence-electron chi connectivity index (χ1n) is 6.52. The van der Waals surface area contributed by atoms with E-state index in [1.54, 1.807) is 31.2 Å². The summed E-state index contributed by atoms with van der Waals surface area (Å²) in [6.07, 6.45) is 1.19. The number of carbonyl (C=O) groups is 2. The summed E-state index contributed by atoms with van der Waals surface area (Å²) in [4.78, 5) is 23.4. The molecule has 0 radical (unpaired) electrons. The molecule has 116 valence electrons. The molecule has 0 spiro atoms.